The molecule has 6 nitrogen and oxygen atoms in total. The minimum Gasteiger partial charge on any atom is -0.310 e. The molecule has 3 aromatic rings. The molecule has 1 aliphatic rings. The second-order valence-electron chi connectivity index (χ2n) is 6.55. The van der Waals surface area contributed by atoms with Gasteiger partial charge in [0.2, 0.25) is 15.9 Å². The number of anilines is 2. The molecule has 0 spiro atoms. The number of nitrogens with zero attached hydrogens (tertiary/aromatic N) is 3. The molecule has 4 rings (SSSR count). The number of amides is 1. The maximum atomic E-state index is 13.0. The molecule has 0 unspecified atom stereocenters. The van der Waals surface area contributed by atoms with E-state index in [0.717, 1.165) is 33.6 Å². The molecule has 0 atom stereocenters. The number of aromatic nitrogens is 1. The van der Waals surface area contributed by atoms with Gasteiger partial charge in [0.05, 0.1) is 17.5 Å². The lowest BCUT2D eigenvalue weighted by atomic mass is 10.2. The number of benzene rings is 2. The molecule has 1 aromatic heterocycles. The van der Waals surface area contributed by atoms with Gasteiger partial charge in [0.15, 0.2) is 0 Å². The van der Waals surface area contributed by atoms with Crippen molar-refractivity contribution in [2.75, 3.05) is 28.6 Å². The molecule has 0 saturated carbocycles. The lowest BCUT2D eigenvalue weighted by Gasteiger charge is -2.26. The van der Waals surface area contributed by atoms with Crippen molar-refractivity contribution in [2.45, 2.75) is 6.42 Å². The summed E-state index contributed by atoms with van der Waals surface area (Å²) in [6.07, 6.45) is 3.50. The molecular weight excluding hydrogens is 362 g/mol. The molecule has 1 amide bonds. The highest BCUT2D eigenvalue weighted by Gasteiger charge is 2.29. The van der Waals surface area contributed by atoms with Gasteiger partial charge >= 0.3 is 0 Å². The van der Waals surface area contributed by atoms with Crippen LogP contribution in [0.4, 0.5) is 11.4 Å². The Morgan fingerprint density at radius 3 is 2.70 bits per heavy atom. The van der Waals surface area contributed by atoms with Crippen LogP contribution in [0.3, 0.4) is 0 Å². The van der Waals surface area contributed by atoms with Gasteiger partial charge in [0.1, 0.15) is 6.54 Å². The molecule has 0 N–H and O–H groups in total. The summed E-state index contributed by atoms with van der Waals surface area (Å²) in [5.74, 6) is -0.252. The quantitative estimate of drug-likeness (QED) is 0.696. The minimum atomic E-state index is -3.67. The highest BCUT2D eigenvalue weighted by atomic mass is 32.2. The third-order valence-electron chi connectivity index (χ3n) is 4.75. The molecule has 0 fully saturated rings. The van der Waals surface area contributed by atoms with Gasteiger partial charge in [-0.1, -0.05) is 36.4 Å². The SMILES string of the molecule is CS(=O)(=O)N(CC(=O)N1CCc2ccccc21)c1cccc2cccnc12. The average molecular weight is 381 g/mol. The summed E-state index contributed by atoms with van der Waals surface area (Å²) < 4.78 is 26.1. The molecule has 27 heavy (non-hydrogen) atoms. The molecule has 0 radical (unpaired) electrons. The van der Waals surface area contributed by atoms with E-state index in [9.17, 15) is 13.2 Å². The molecular formula is C20H19N3O3S. The Morgan fingerprint density at radius 1 is 1.11 bits per heavy atom. The van der Waals surface area contributed by atoms with E-state index in [1.54, 1.807) is 29.3 Å². The van der Waals surface area contributed by atoms with Gasteiger partial charge in [-0.05, 0) is 30.2 Å². The second-order valence-corrected chi connectivity index (χ2v) is 8.45. The van der Waals surface area contributed by atoms with Crippen molar-refractivity contribution in [3.05, 3.63) is 66.4 Å². The zero-order valence-corrected chi connectivity index (χ0v) is 15.7. The Labute approximate surface area is 158 Å². The van der Waals surface area contributed by atoms with E-state index in [0.29, 0.717) is 17.7 Å². The number of hydrogen-bond acceptors (Lipinski definition) is 4. The number of pyridine rings is 1. The van der Waals surface area contributed by atoms with Gasteiger partial charge in [0, 0.05) is 23.8 Å². The zero-order chi connectivity index (χ0) is 19.0. The summed E-state index contributed by atoms with van der Waals surface area (Å²) in [7, 11) is -3.67. The molecule has 0 bridgehead atoms. The van der Waals surface area contributed by atoms with Crippen LogP contribution in [0.25, 0.3) is 10.9 Å². The summed E-state index contributed by atoms with van der Waals surface area (Å²) in [5, 5.41) is 0.822. The number of carbonyl (C=O) groups excluding carboxylic acids is 1. The van der Waals surface area contributed by atoms with E-state index < -0.39 is 10.0 Å². The largest absolute Gasteiger partial charge is 0.310 e. The number of para-hydroxylation sites is 2. The number of fused-ring (bicyclic) bond motifs is 2. The lowest BCUT2D eigenvalue weighted by molar-refractivity contribution is -0.117. The first kappa shape index (κ1) is 17.5. The minimum absolute atomic E-state index is 0.252. The summed E-state index contributed by atoms with van der Waals surface area (Å²) in [6.45, 7) is 0.298. The number of sulfonamides is 1. The highest BCUT2D eigenvalue weighted by molar-refractivity contribution is 7.92. The van der Waals surface area contributed by atoms with E-state index >= 15 is 0 Å². The second kappa shape index (κ2) is 6.66. The number of carbonyl (C=O) groups is 1. The first-order valence-corrected chi connectivity index (χ1v) is 10.5. The average Bonchev–Trinajstić information content (AvgIpc) is 3.09. The molecule has 2 aromatic carbocycles. The van der Waals surface area contributed by atoms with Crippen LogP contribution in [0.15, 0.2) is 60.8 Å². The Hall–Kier alpha value is -2.93. The number of hydrogen-bond donors (Lipinski definition) is 0. The van der Waals surface area contributed by atoms with Crippen LogP contribution in [0.5, 0.6) is 0 Å². The fourth-order valence-corrected chi connectivity index (χ4v) is 4.33. The Balaban J connectivity index is 1.71. The van der Waals surface area contributed by atoms with Gasteiger partial charge in [-0.2, -0.15) is 0 Å². The molecule has 7 heteroatoms. The standard InChI is InChI=1S/C20H19N3O3S/c1-27(25,26)23(18-10-4-7-16-8-5-12-21-20(16)18)14-19(24)22-13-11-15-6-2-3-9-17(15)22/h2-10,12H,11,13-14H2,1H3. The maximum Gasteiger partial charge on any atom is 0.247 e. The van der Waals surface area contributed by atoms with E-state index in [4.69, 9.17) is 0 Å². The van der Waals surface area contributed by atoms with E-state index in [1.807, 2.05) is 36.4 Å². The van der Waals surface area contributed by atoms with Gasteiger partial charge in [-0.25, -0.2) is 8.42 Å². The van der Waals surface area contributed by atoms with Gasteiger partial charge in [-0.15, -0.1) is 0 Å². The first-order valence-electron chi connectivity index (χ1n) is 8.65. The van der Waals surface area contributed by atoms with Crippen molar-refractivity contribution in [2.24, 2.45) is 0 Å². The predicted molar refractivity (Wildman–Crippen MR) is 106 cm³/mol. The van der Waals surface area contributed by atoms with Gasteiger partial charge < -0.3 is 4.90 Å². The normalized spacial score (nSPS) is 13.6. The summed E-state index contributed by atoms with van der Waals surface area (Å²) in [4.78, 5) is 19.0. The Bertz CT molecular complexity index is 1120. The Morgan fingerprint density at radius 2 is 1.89 bits per heavy atom. The number of rotatable bonds is 4. The van der Waals surface area contributed by atoms with Crippen molar-refractivity contribution in [1.29, 1.82) is 0 Å². The fourth-order valence-electron chi connectivity index (χ4n) is 3.48. The van der Waals surface area contributed by atoms with Crippen LogP contribution in [0, 0.1) is 0 Å². The van der Waals surface area contributed by atoms with Crippen LogP contribution >= 0.6 is 0 Å². The summed E-state index contributed by atoms with van der Waals surface area (Å²) >= 11 is 0. The van der Waals surface area contributed by atoms with Crippen molar-refractivity contribution in [3.8, 4) is 0 Å². The van der Waals surface area contributed by atoms with Crippen LogP contribution in [0.2, 0.25) is 0 Å². The molecule has 0 aliphatic carbocycles. The molecule has 0 saturated heterocycles. The van der Waals surface area contributed by atoms with Crippen LogP contribution in [-0.2, 0) is 21.2 Å². The predicted octanol–water partition coefficient (Wildman–Crippen LogP) is 2.59. The smallest absolute Gasteiger partial charge is 0.247 e. The molecule has 138 valence electrons. The van der Waals surface area contributed by atoms with Gasteiger partial charge in [-0.3, -0.25) is 14.1 Å². The van der Waals surface area contributed by atoms with Crippen LogP contribution in [0.1, 0.15) is 5.56 Å². The van der Waals surface area contributed by atoms with E-state index in [2.05, 4.69) is 4.98 Å². The van der Waals surface area contributed by atoms with Gasteiger partial charge in [0.25, 0.3) is 0 Å². The van der Waals surface area contributed by atoms with Crippen LogP contribution < -0.4 is 9.21 Å². The highest BCUT2D eigenvalue weighted by Crippen LogP contribution is 2.30. The third kappa shape index (κ3) is 3.26. The summed E-state index contributed by atoms with van der Waals surface area (Å²) in [6, 6.07) is 16.7. The Kier molecular flexibility index (Phi) is 4.31. The van der Waals surface area contributed by atoms with E-state index in [-0.39, 0.29) is 12.5 Å². The fraction of sp³-hybridized carbons (Fsp3) is 0.200. The lowest BCUT2D eigenvalue weighted by Crippen LogP contribution is -2.42. The first-order chi connectivity index (χ1) is 12.9. The van der Waals surface area contributed by atoms with Crippen molar-refractivity contribution in [1.82, 2.24) is 4.98 Å². The van der Waals surface area contributed by atoms with Crippen molar-refractivity contribution >= 4 is 38.2 Å². The molecule has 2 heterocycles. The topological polar surface area (TPSA) is 70.6 Å². The van der Waals surface area contributed by atoms with Crippen molar-refractivity contribution < 1.29 is 13.2 Å². The molecule has 1 aliphatic heterocycles. The van der Waals surface area contributed by atoms with Crippen LogP contribution in [-0.4, -0.2) is 38.7 Å². The summed E-state index contributed by atoms with van der Waals surface area (Å²) in [5.41, 5.74) is 2.92. The third-order valence-corrected chi connectivity index (χ3v) is 5.87. The zero-order valence-electron chi connectivity index (χ0n) is 14.9. The van der Waals surface area contributed by atoms with Crippen molar-refractivity contribution in [3.63, 3.8) is 0 Å². The van der Waals surface area contributed by atoms with E-state index in [1.165, 1.54) is 0 Å². The monoisotopic (exact) mass is 381 g/mol. The maximum absolute atomic E-state index is 13.0.